The van der Waals surface area contributed by atoms with E-state index in [1.165, 1.54) is 33.3 Å². The molecule has 1 aliphatic rings. The van der Waals surface area contributed by atoms with Crippen LogP contribution in [-0.4, -0.2) is 39.0 Å². The van der Waals surface area contributed by atoms with Gasteiger partial charge in [0.15, 0.2) is 6.29 Å². The number of aliphatic hydroxyl groups excluding tert-OH is 1. The Balaban J connectivity index is 1.67. The average Bonchev–Trinajstić information content (AvgIpc) is 2.95. The van der Waals surface area contributed by atoms with E-state index in [1.807, 2.05) is 19.3 Å². The maximum absolute atomic E-state index is 10.2. The third-order valence-corrected chi connectivity index (χ3v) is 5.34. The van der Waals surface area contributed by atoms with Gasteiger partial charge in [0.05, 0.1) is 6.54 Å². The monoisotopic (exact) mass is 365 g/mol. The Labute approximate surface area is 160 Å². The van der Waals surface area contributed by atoms with Gasteiger partial charge < -0.3 is 14.4 Å². The first-order chi connectivity index (χ1) is 13.2. The molecule has 1 aromatic carbocycles. The molecule has 0 aliphatic carbocycles. The standard InChI is InChI=1S/C22H27N3O2/c1-3-27-22(26)15-25-20-5-4-16(2)12-18(20)19-14-24(11-8-21(19)25)13-17-6-9-23-10-7-17/h4-7,9-10,12,22,26H,3,8,11,13-15H2,1-2H3. The molecule has 1 atom stereocenters. The van der Waals surface area contributed by atoms with Crippen molar-refractivity contribution in [2.45, 2.75) is 46.2 Å². The summed E-state index contributed by atoms with van der Waals surface area (Å²) in [6, 6.07) is 10.8. The van der Waals surface area contributed by atoms with Gasteiger partial charge in [-0.1, -0.05) is 11.6 Å². The van der Waals surface area contributed by atoms with E-state index in [9.17, 15) is 5.11 Å². The quantitative estimate of drug-likeness (QED) is 0.681. The Hall–Kier alpha value is -2.21. The maximum Gasteiger partial charge on any atom is 0.172 e. The van der Waals surface area contributed by atoms with Crippen LogP contribution in [-0.2, 0) is 30.8 Å². The van der Waals surface area contributed by atoms with Crippen molar-refractivity contribution in [2.24, 2.45) is 0 Å². The van der Waals surface area contributed by atoms with Crippen LogP contribution in [0.1, 0.15) is 29.3 Å². The Morgan fingerprint density at radius 1 is 1.22 bits per heavy atom. The van der Waals surface area contributed by atoms with E-state index in [4.69, 9.17) is 4.74 Å². The summed E-state index contributed by atoms with van der Waals surface area (Å²) >= 11 is 0. The summed E-state index contributed by atoms with van der Waals surface area (Å²) in [6.07, 6.45) is 3.92. The van der Waals surface area contributed by atoms with Crippen LogP contribution in [0.2, 0.25) is 0 Å². The van der Waals surface area contributed by atoms with E-state index in [0.29, 0.717) is 13.2 Å². The lowest BCUT2D eigenvalue weighted by molar-refractivity contribution is -0.103. The molecule has 0 spiro atoms. The molecule has 1 unspecified atom stereocenters. The number of aryl methyl sites for hydroxylation is 1. The summed E-state index contributed by atoms with van der Waals surface area (Å²) in [6.45, 7) is 7.91. The maximum atomic E-state index is 10.2. The van der Waals surface area contributed by atoms with Gasteiger partial charge in [-0.2, -0.15) is 0 Å². The molecule has 5 nitrogen and oxygen atoms in total. The average molecular weight is 365 g/mol. The lowest BCUT2D eigenvalue weighted by atomic mass is 10.0. The highest BCUT2D eigenvalue weighted by atomic mass is 16.6. The number of ether oxygens (including phenoxy) is 1. The number of aromatic nitrogens is 2. The second-order valence-corrected chi connectivity index (χ2v) is 7.28. The van der Waals surface area contributed by atoms with Crippen molar-refractivity contribution in [1.82, 2.24) is 14.5 Å². The lowest BCUT2D eigenvalue weighted by Crippen LogP contribution is -2.31. The second kappa shape index (κ2) is 7.80. The van der Waals surface area contributed by atoms with Crippen LogP contribution in [0.4, 0.5) is 0 Å². The molecule has 27 heavy (non-hydrogen) atoms. The summed E-state index contributed by atoms with van der Waals surface area (Å²) in [5.74, 6) is 0. The minimum absolute atomic E-state index is 0.479. The van der Waals surface area contributed by atoms with Gasteiger partial charge in [0, 0.05) is 61.7 Å². The summed E-state index contributed by atoms with van der Waals surface area (Å²) in [7, 11) is 0. The van der Waals surface area contributed by atoms with E-state index in [2.05, 4.69) is 51.7 Å². The Morgan fingerprint density at radius 2 is 2.04 bits per heavy atom. The molecule has 0 radical (unpaired) electrons. The molecule has 0 saturated carbocycles. The zero-order valence-corrected chi connectivity index (χ0v) is 16.1. The second-order valence-electron chi connectivity index (χ2n) is 7.28. The van der Waals surface area contributed by atoms with Crippen molar-refractivity contribution < 1.29 is 9.84 Å². The van der Waals surface area contributed by atoms with Gasteiger partial charge in [0.2, 0.25) is 0 Å². The third kappa shape index (κ3) is 3.76. The first-order valence-corrected chi connectivity index (χ1v) is 9.67. The molecule has 1 aliphatic heterocycles. The highest BCUT2D eigenvalue weighted by Gasteiger charge is 2.25. The molecular weight excluding hydrogens is 338 g/mol. The fourth-order valence-electron chi connectivity index (χ4n) is 4.11. The minimum Gasteiger partial charge on any atom is -0.366 e. The molecule has 3 heterocycles. The highest BCUT2D eigenvalue weighted by Crippen LogP contribution is 2.32. The van der Waals surface area contributed by atoms with Crippen molar-refractivity contribution in [3.05, 3.63) is 65.1 Å². The van der Waals surface area contributed by atoms with Crippen LogP contribution in [0.15, 0.2) is 42.7 Å². The number of benzene rings is 1. The zero-order chi connectivity index (χ0) is 18.8. The third-order valence-electron chi connectivity index (χ3n) is 5.34. The van der Waals surface area contributed by atoms with Crippen molar-refractivity contribution in [3.8, 4) is 0 Å². The topological polar surface area (TPSA) is 50.5 Å². The first kappa shape index (κ1) is 18.2. The molecule has 142 valence electrons. The van der Waals surface area contributed by atoms with Crippen LogP contribution in [0.3, 0.4) is 0 Å². The Bertz CT molecular complexity index is 920. The van der Waals surface area contributed by atoms with Gasteiger partial charge in [0.1, 0.15) is 0 Å². The van der Waals surface area contributed by atoms with Crippen molar-refractivity contribution in [2.75, 3.05) is 13.2 Å². The fraction of sp³-hybridized carbons (Fsp3) is 0.409. The minimum atomic E-state index is -0.772. The van der Waals surface area contributed by atoms with Crippen LogP contribution in [0, 0.1) is 6.92 Å². The van der Waals surface area contributed by atoms with Gasteiger partial charge in [0.25, 0.3) is 0 Å². The van der Waals surface area contributed by atoms with E-state index < -0.39 is 6.29 Å². The molecule has 0 fully saturated rings. The summed E-state index contributed by atoms with van der Waals surface area (Å²) in [4.78, 5) is 6.60. The van der Waals surface area contributed by atoms with Crippen LogP contribution in [0.5, 0.6) is 0 Å². The molecule has 3 aromatic rings. The number of nitrogens with zero attached hydrogens (tertiary/aromatic N) is 3. The molecule has 0 saturated heterocycles. The molecule has 2 aromatic heterocycles. The first-order valence-electron chi connectivity index (χ1n) is 9.67. The molecule has 1 N–H and O–H groups in total. The smallest absolute Gasteiger partial charge is 0.172 e. The van der Waals surface area contributed by atoms with E-state index in [-0.39, 0.29) is 0 Å². The van der Waals surface area contributed by atoms with Crippen molar-refractivity contribution in [3.63, 3.8) is 0 Å². The number of pyridine rings is 1. The molecule has 0 amide bonds. The number of fused-ring (bicyclic) bond motifs is 3. The normalized spacial score (nSPS) is 15.8. The lowest BCUT2D eigenvalue weighted by Gasteiger charge is -2.28. The Morgan fingerprint density at radius 3 is 2.81 bits per heavy atom. The zero-order valence-electron chi connectivity index (χ0n) is 16.1. The number of hydrogen-bond acceptors (Lipinski definition) is 4. The summed E-state index contributed by atoms with van der Waals surface area (Å²) < 4.78 is 7.66. The predicted octanol–water partition coefficient (Wildman–Crippen LogP) is 3.26. The van der Waals surface area contributed by atoms with Gasteiger partial charge in [-0.25, -0.2) is 0 Å². The predicted molar refractivity (Wildman–Crippen MR) is 106 cm³/mol. The molecular formula is C22H27N3O2. The highest BCUT2D eigenvalue weighted by molar-refractivity contribution is 5.86. The molecule has 4 rings (SSSR count). The van der Waals surface area contributed by atoms with Crippen LogP contribution >= 0.6 is 0 Å². The van der Waals surface area contributed by atoms with Crippen molar-refractivity contribution in [1.29, 1.82) is 0 Å². The van der Waals surface area contributed by atoms with Crippen LogP contribution in [0.25, 0.3) is 10.9 Å². The van der Waals surface area contributed by atoms with E-state index in [1.54, 1.807) is 0 Å². The number of rotatable bonds is 6. The van der Waals surface area contributed by atoms with Gasteiger partial charge in [-0.15, -0.1) is 0 Å². The van der Waals surface area contributed by atoms with Gasteiger partial charge >= 0.3 is 0 Å². The molecule has 5 heteroatoms. The molecule has 0 bridgehead atoms. The van der Waals surface area contributed by atoms with E-state index >= 15 is 0 Å². The summed E-state index contributed by atoms with van der Waals surface area (Å²) in [5, 5.41) is 11.5. The fourth-order valence-corrected chi connectivity index (χ4v) is 4.11. The SMILES string of the molecule is CCOC(O)Cn1c2c(c3cc(C)ccc31)CN(Cc1ccncc1)CC2. The van der Waals surface area contributed by atoms with Crippen LogP contribution < -0.4 is 0 Å². The largest absolute Gasteiger partial charge is 0.366 e. The number of hydrogen-bond donors (Lipinski definition) is 1. The van der Waals surface area contributed by atoms with Crippen molar-refractivity contribution >= 4 is 10.9 Å². The Kier molecular flexibility index (Phi) is 5.25. The van der Waals surface area contributed by atoms with Gasteiger partial charge in [-0.05, 0) is 49.2 Å². The summed E-state index contributed by atoms with van der Waals surface area (Å²) in [5.41, 5.74) is 6.47. The van der Waals surface area contributed by atoms with Gasteiger partial charge in [-0.3, -0.25) is 9.88 Å². The number of aliphatic hydroxyl groups is 1. The van der Waals surface area contributed by atoms with E-state index in [0.717, 1.165) is 26.1 Å².